The second kappa shape index (κ2) is 6.88. The molecule has 1 heterocycles. The summed E-state index contributed by atoms with van der Waals surface area (Å²) in [5.74, 6) is 1.65. The molecular weight excluding hydrogens is 268 g/mol. The van der Waals surface area contributed by atoms with E-state index in [1.54, 1.807) is 13.4 Å². The lowest BCUT2D eigenvalue weighted by Gasteiger charge is -2.13. The number of amides is 1. The molecular formula is C15H20N4O2. The van der Waals surface area contributed by atoms with Crippen molar-refractivity contribution < 1.29 is 9.53 Å². The van der Waals surface area contributed by atoms with Gasteiger partial charge in [0.15, 0.2) is 0 Å². The summed E-state index contributed by atoms with van der Waals surface area (Å²) in [5.41, 5.74) is 1.12. The number of methoxy groups -OCH3 is 1. The van der Waals surface area contributed by atoms with Gasteiger partial charge >= 0.3 is 0 Å². The number of hydrogen-bond donors (Lipinski definition) is 1. The zero-order chi connectivity index (χ0) is 15.2. The third-order valence-electron chi connectivity index (χ3n) is 3.13. The average molecular weight is 288 g/mol. The molecule has 2 rings (SSSR count). The third-order valence-corrected chi connectivity index (χ3v) is 3.13. The van der Waals surface area contributed by atoms with Crippen LogP contribution in [0.25, 0.3) is 0 Å². The van der Waals surface area contributed by atoms with Gasteiger partial charge in [-0.25, -0.2) is 9.67 Å². The molecule has 1 amide bonds. The first-order valence-corrected chi connectivity index (χ1v) is 6.85. The van der Waals surface area contributed by atoms with Gasteiger partial charge < -0.3 is 10.1 Å². The summed E-state index contributed by atoms with van der Waals surface area (Å²) in [6.07, 6.45) is 2.19. The number of benzene rings is 1. The molecule has 0 aliphatic carbocycles. The maximum atomic E-state index is 11.1. The lowest BCUT2D eigenvalue weighted by molar-refractivity contribution is -0.119. The molecule has 6 nitrogen and oxygen atoms in total. The lowest BCUT2D eigenvalue weighted by Crippen LogP contribution is -2.33. The molecule has 1 atom stereocenters. The fourth-order valence-electron chi connectivity index (χ4n) is 2.15. The topological polar surface area (TPSA) is 69.0 Å². The molecule has 0 aliphatic heterocycles. The van der Waals surface area contributed by atoms with E-state index in [9.17, 15) is 4.79 Å². The van der Waals surface area contributed by atoms with E-state index in [1.165, 1.54) is 6.92 Å². The highest BCUT2D eigenvalue weighted by Gasteiger charge is 2.11. The average Bonchev–Trinajstić information content (AvgIpc) is 2.86. The Morgan fingerprint density at radius 2 is 2.10 bits per heavy atom. The molecule has 0 unspecified atom stereocenters. The normalized spacial score (nSPS) is 12.0. The van der Waals surface area contributed by atoms with E-state index in [1.807, 2.05) is 35.9 Å². The number of carbonyl (C=O) groups excluding carboxylic acids is 1. The van der Waals surface area contributed by atoms with Crippen molar-refractivity contribution in [1.29, 1.82) is 0 Å². The Kier molecular flexibility index (Phi) is 4.92. The molecule has 0 saturated heterocycles. The minimum atomic E-state index is -0.0382. The summed E-state index contributed by atoms with van der Waals surface area (Å²) in [7, 11) is 1.65. The third kappa shape index (κ3) is 4.30. The number of aromatic nitrogens is 3. The van der Waals surface area contributed by atoms with Crippen molar-refractivity contribution in [3.63, 3.8) is 0 Å². The SMILES string of the molecule is COc1ccc(Cn2ncnc2C[C@@H](C)NC(C)=O)cc1. The smallest absolute Gasteiger partial charge is 0.217 e. The van der Waals surface area contributed by atoms with E-state index in [0.29, 0.717) is 13.0 Å². The van der Waals surface area contributed by atoms with Gasteiger partial charge in [0, 0.05) is 19.4 Å². The largest absolute Gasteiger partial charge is 0.497 e. The Labute approximate surface area is 124 Å². The Morgan fingerprint density at radius 1 is 1.38 bits per heavy atom. The van der Waals surface area contributed by atoms with E-state index >= 15 is 0 Å². The number of nitrogens with zero attached hydrogens (tertiary/aromatic N) is 3. The van der Waals surface area contributed by atoms with Crippen LogP contribution in [-0.4, -0.2) is 33.8 Å². The van der Waals surface area contributed by atoms with Crippen LogP contribution in [0.4, 0.5) is 0 Å². The van der Waals surface area contributed by atoms with Gasteiger partial charge in [-0.15, -0.1) is 0 Å². The Hall–Kier alpha value is -2.37. The molecule has 0 spiro atoms. The first-order chi connectivity index (χ1) is 10.1. The number of rotatable bonds is 6. The van der Waals surface area contributed by atoms with Crippen molar-refractivity contribution >= 4 is 5.91 Å². The minimum Gasteiger partial charge on any atom is -0.497 e. The first kappa shape index (κ1) is 15.0. The molecule has 1 aromatic carbocycles. The predicted molar refractivity (Wildman–Crippen MR) is 79.1 cm³/mol. The van der Waals surface area contributed by atoms with Crippen LogP contribution in [0.15, 0.2) is 30.6 Å². The van der Waals surface area contributed by atoms with Crippen molar-refractivity contribution in [2.45, 2.75) is 32.9 Å². The molecule has 0 radical (unpaired) electrons. The number of hydrogen-bond acceptors (Lipinski definition) is 4. The van der Waals surface area contributed by atoms with Gasteiger partial charge in [-0.2, -0.15) is 5.10 Å². The van der Waals surface area contributed by atoms with Gasteiger partial charge in [0.05, 0.1) is 13.7 Å². The summed E-state index contributed by atoms with van der Waals surface area (Å²) in [6, 6.07) is 7.88. The zero-order valence-electron chi connectivity index (χ0n) is 12.5. The Balaban J connectivity index is 2.03. The highest BCUT2D eigenvalue weighted by atomic mass is 16.5. The monoisotopic (exact) mass is 288 g/mol. The van der Waals surface area contributed by atoms with Gasteiger partial charge in [0.2, 0.25) is 5.91 Å². The van der Waals surface area contributed by atoms with Gasteiger partial charge in [0.25, 0.3) is 0 Å². The van der Waals surface area contributed by atoms with E-state index in [-0.39, 0.29) is 11.9 Å². The molecule has 0 bridgehead atoms. The Morgan fingerprint density at radius 3 is 2.71 bits per heavy atom. The number of carbonyl (C=O) groups is 1. The summed E-state index contributed by atoms with van der Waals surface area (Å²) < 4.78 is 6.99. The molecule has 0 fully saturated rings. The molecule has 1 aromatic heterocycles. The standard InChI is InChI=1S/C15H20N4O2/c1-11(18-12(2)20)8-15-16-10-17-19(15)9-13-4-6-14(21-3)7-5-13/h4-7,10-11H,8-9H2,1-3H3,(H,18,20)/t11-/m1/s1. The van der Waals surface area contributed by atoms with Crippen LogP contribution in [0, 0.1) is 0 Å². The van der Waals surface area contributed by atoms with E-state index in [0.717, 1.165) is 17.1 Å². The Bertz CT molecular complexity index is 592. The predicted octanol–water partition coefficient (Wildman–Crippen LogP) is 1.40. The van der Waals surface area contributed by atoms with Crippen LogP contribution in [0.5, 0.6) is 5.75 Å². The zero-order valence-corrected chi connectivity index (χ0v) is 12.5. The van der Waals surface area contributed by atoms with Crippen LogP contribution >= 0.6 is 0 Å². The molecule has 6 heteroatoms. The molecule has 21 heavy (non-hydrogen) atoms. The maximum Gasteiger partial charge on any atom is 0.217 e. The highest BCUT2D eigenvalue weighted by Crippen LogP contribution is 2.12. The summed E-state index contributed by atoms with van der Waals surface area (Å²) in [4.78, 5) is 15.3. The molecule has 1 N–H and O–H groups in total. The lowest BCUT2D eigenvalue weighted by atomic mass is 10.2. The van der Waals surface area contributed by atoms with Crippen LogP contribution in [-0.2, 0) is 17.8 Å². The van der Waals surface area contributed by atoms with E-state index < -0.39 is 0 Å². The highest BCUT2D eigenvalue weighted by molar-refractivity contribution is 5.73. The maximum absolute atomic E-state index is 11.1. The van der Waals surface area contributed by atoms with Crippen molar-refractivity contribution in [2.24, 2.45) is 0 Å². The van der Waals surface area contributed by atoms with Crippen molar-refractivity contribution in [3.05, 3.63) is 42.0 Å². The summed E-state index contributed by atoms with van der Waals surface area (Å²) >= 11 is 0. The number of ether oxygens (including phenoxy) is 1. The van der Waals surface area contributed by atoms with E-state index in [2.05, 4.69) is 15.4 Å². The van der Waals surface area contributed by atoms with Gasteiger partial charge in [-0.05, 0) is 24.6 Å². The fraction of sp³-hybridized carbons (Fsp3) is 0.400. The molecule has 0 saturated carbocycles. The van der Waals surface area contributed by atoms with Crippen molar-refractivity contribution in [2.75, 3.05) is 7.11 Å². The minimum absolute atomic E-state index is 0.0290. The second-order valence-electron chi connectivity index (χ2n) is 4.99. The summed E-state index contributed by atoms with van der Waals surface area (Å²) in [5, 5.41) is 7.10. The number of nitrogens with one attached hydrogen (secondary N) is 1. The van der Waals surface area contributed by atoms with Crippen LogP contribution in [0.3, 0.4) is 0 Å². The van der Waals surface area contributed by atoms with Crippen molar-refractivity contribution in [3.8, 4) is 5.75 Å². The van der Waals surface area contributed by atoms with Gasteiger partial charge in [-0.3, -0.25) is 4.79 Å². The van der Waals surface area contributed by atoms with Gasteiger partial charge in [-0.1, -0.05) is 12.1 Å². The molecule has 2 aromatic rings. The summed E-state index contributed by atoms with van der Waals surface area (Å²) in [6.45, 7) is 4.11. The fourth-order valence-corrected chi connectivity index (χ4v) is 2.15. The van der Waals surface area contributed by atoms with Crippen LogP contribution < -0.4 is 10.1 Å². The first-order valence-electron chi connectivity index (χ1n) is 6.85. The van der Waals surface area contributed by atoms with E-state index in [4.69, 9.17) is 4.74 Å². The molecule has 0 aliphatic rings. The van der Waals surface area contributed by atoms with Gasteiger partial charge in [0.1, 0.15) is 17.9 Å². The molecule has 112 valence electrons. The second-order valence-corrected chi connectivity index (χ2v) is 4.99. The quantitative estimate of drug-likeness (QED) is 0.872. The van der Waals surface area contributed by atoms with Crippen molar-refractivity contribution in [1.82, 2.24) is 20.1 Å². The van der Waals surface area contributed by atoms with Crippen LogP contribution in [0.2, 0.25) is 0 Å². The van der Waals surface area contributed by atoms with Crippen LogP contribution in [0.1, 0.15) is 25.2 Å².